The minimum absolute atomic E-state index is 0.0393. The molecule has 0 saturated carbocycles. The molecule has 0 fully saturated rings. The lowest BCUT2D eigenvalue weighted by Crippen LogP contribution is -2.11. The van der Waals surface area contributed by atoms with Crippen LogP contribution in [0.2, 0.25) is 0 Å². The summed E-state index contributed by atoms with van der Waals surface area (Å²) < 4.78 is 10.3. The van der Waals surface area contributed by atoms with E-state index in [0.29, 0.717) is 17.2 Å². The molecule has 0 atom stereocenters. The molecule has 5 nitrogen and oxygen atoms in total. The van der Waals surface area contributed by atoms with Crippen LogP contribution in [0.4, 0.5) is 5.69 Å². The van der Waals surface area contributed by atoms with Crippen LogP contribution in [0.3, 0.4) is 0 Å². The summed E-state index contributed by atoms with van der Waals surface area (Å²) in [5.41, 5.74) is 6.26. The van der Waals surface area contributed by atoms with Crippen LogP contribution >= 0.6 is 12.2 Å². The number of nitrogens with one attached hydrogen (secondary N) is 1. The second kappa shape index (κ2) is 6.47. The number of nitriles is 1. The Labute approximate surface area is 111 Å². The molecule has 94 valence electrons. The quantitative estimate of drug-likeness (QED) is 0.479. The summed E-state index contributed by atoms with van der Waals surface area (Å²) in [6.07, 6.45) is 1.44. The van der Waals surface area contributed by atoms with Crippen LogP contribution in [-0.2, 0) is 0 Å². The third-order valence-electron chi connectivity index (χ3n) is 2.17. The third-order valence-corrected chi connectivity index (χ3v) is 2.39. The summed E-state index contributed by atoms with van der Waals surface area (Å²) in [6, 6.07) is 7.16. The lowest BCUT2D eigenvalue weighted by atomic mass is 10.2. The van der Waals surface area contributed by atoms with Crippen molar-refractivity contribution in [1.29, 1.82) is 5.26 Å². The van der Waals surface area contributed by atoms with Crippen molar-refractivity contribution in [3.63, 3.8) is 0 Å². The molecule has 1 rings (SSSR count). The minimum atomic E-state index is 0.0393. The van der Waals surface area contributed by atoms with Crippen LogP contribution in [-0.4, -0.2) is 19.2 Å². The molecule has 0 aliphatic rings. The molecule has 3 N–H and O–H groups in total. The van der Waals surface area contributed by atoms with Crippen LogP contribution in [0.1, 0.15) is 0 Å². The lowest BCUT2D eigenvalue weighted by molar-refractivity contribution is 0.395. The Bertz CT molecular complexity index is 521. The van der Waals surface area contributed by atoms with Gasteiger partial charge in [-0.15, -0.1) is 0 Å². The Morgan fingerprint density at radius 2 is 2.17 bits per heavy atom. The maximum absolute atomic E-state index is 8.81. The van der Waals surface area contributed by atoms with Crippen molar-refractivity contribution in [2.24, 2.45) is 5.73 Å². The molecule has 0 saturated heterocycles. The summed E-state index contributed by atoms with van der Waals surface area (Å²) in [5.74, 6) is 1.27. The fourth-order valence-corrected chi connectivity index (χ4v) is 1.33. The third kappa shape index (κ3) is 3.37. The standard InChI is InChI=1S/C12H13N3O2S/c1-16-9-3-4-10(11(5-9)17-2)15-7-8(6-13)12(14)18/h3-5,7,15H,1-2H3,(H2,14,18)/b8-7-. The van der Waals surface area contributed by atoms with E-state index < -0.39 is 0 Å². The molecule has 0 unspecified atom stereocenters. The second-order valence-corrected chi connectivity index (χ2v) is 3.68. The number of thiocarbonyl (C=S) groups is 1. The van der Waals surface area contributed by atoms with E-state index in [0.717, 1.165) is 0 Å². The van der Waals surface area contributed by atoms with Crippen molar-refractivity contribution in [1.82, 2.24) is 0 Å². The highest BCUT2D eigenvalue weighted by Crippen LogP contribution is 2.29. The topological polar surface area (TPSA) is 80.3 Å². The smallest absolute Gasteiger partial charge is 0.145 e. The zero-order valence-corrected chi connectivity index (χ0v) is 10.9. The number of benzene rings is 1. The average molecular weight is 263 g/mol. The number of nitrogens with zero attached hydrogens (tertiary/aromatic N) is 1. The van der Waals surface area contributed by atoms with Gasteiger partial charge in [0.15, 0.2) is 0 Å². The summed E-state index contributed by atoms with van der Waals surface area (Å²) >= 11 is 4.73. The molecule has 0 bridgehead atoms. The van der Waals surface area contributed by atoms with Gasteiger partial charge >= 0.3 is 0 Å². The van der Waals surface area contributed by atoms with Gasteiger partial charge in [-0.1, -0.05) is 12.2 Å². The summed E-state index contributed by atoms with van der Waals surface area (Å²) in [4.78, 5) is 0.0393. The summed E-state index contributed by atoms with van der Waals surface area (Å²) in [6.45, 7) is 0. The Balaban J connectivity index is 2.98. The van der Waals surface area contributed by atoms with Crippen LogP contribution in [0, 0.1) is 11.3 Å². The highest BCUT2D eigenvalue weighted by molar-refractivity contribution is 7.80. The van der Waals surface area contributed by atoms with Gasteiger partial charge in [-0.05, 0) is 12.1 Å². The number of methoxy groups -OCH3 is 2. The van der Waals surface area contributed by atoms with E-state index in [1.54, 1.807) is 32.4 Å². The van der Waals surface area contributed by atoms with Gasteiger partial charge < -0.3 is 20.5 Å². The van der Waals surface area contributed by atoms with Crippen LogP contribution in [0.25, 0.3) is 0 Å². The van der Waals surface area contributed by atoms with Gasteiger partial charge in [0, 0.05) is 12.3 Å². The molecule has 6 heteroatoms. The molecule has 18 heavy (non-hydrogen) atoms. The molecule has 0 aliphatic heterocycles. The molecular formula is C12H13N3O2S. The first-order valence-electron chi connectivity index (χ1n) is 5.01. The normalized spacial score (nSPS) is 10.4. The Hall–Kier alpha value is -2.26. The van der Waals surface area contributed by atoms with Crippen molar-refractivity contribution in [2.45, 2.75) is 0 Å². The van der Waals surface area contributed by atoms with Crippen molar-refractivity contribution in [2.75, 3.05) is 19.5 Å². The Morgan fingerprint density at radius 3 is 2.67 bits per heavy atom. The van der Waals surface area contributed by atoms with Gasteiger partial charge in [-0.2, -0.15) is 5.26 Å². The highest BCUT2D eigenvalue weighted by atomic mass is 32.1. The minimum Gasteiger partial charge on any atom is -0.497 e. The van der Waals surface area contributed by atoms with Gasteiger partial charge in [-0.25, -0.2) is 0 Å². The first kappa shape index (κ1) is 13.8. The maximum atomic E-state index is 8.81. The van der Waals surface area contributed by atoms with Crippen LogP contribution in [0.5, 0.6) is 11.5 Å². The molecule has 0 amide bonds. The Morgan fingerprint density at radius 1 is 1.44 bits per heavy atom. The summed E-state index contributed by atoms with van der Waals surface area (Å²) in [5, 5.41) is 11.7. The van der Waals surface area contributed by atoms with Gasteiger partial charge in [-0.3, -0.25) is 0 Å². The van der Waals surface area contributed by atoms with E-state index >= 15 is 0 Å². The number of ether oxygens (including phenoxy) is 2. The number of anilines is 1. The predicted molar refractivity (Wildman–Crippen MR) is 73.7 cm³/mol. The summed E-state index contributed by atoms with van der Waals surface area (Å²) in [7, 11) is 3.12. The number of hydrogen-bond donors (Lipinski definition) is 2. The van der Waals surface area contributed by atoms with Gasteiger partial charge in [0.1, 0.15) is 28.1 Å². The maximum Gasteiger partial charge on any atom is 0.145 e. The van der Waals surface area contributed by atoms with Gasteiger partial charge in [0.25, 0.3) is 0 Å². The fourth-order valence-electron chi connectivity index (χ4n) is 1.23. The molecular weight excluding hydrogens is 250 g/mol. The van der Waals surface area contributed by atoms with Crippen molar-refractivity contribution in [3.05, 3.63) is 30.0 Å². The second-order valence-electron chi connectivity index (χ2n) is 3.24. The van der Waals surface area contributed by atoms with E-state index in [9.17, 15) is 0 Å². The molecule has 0 heterocycles. The predicted octanol–water partition coefficient (Wildman–Crippen LogP) is 1.81. The van der Waals surface area contributed by atoms with Crippen molar-refractivity contribution >= 4 is 22.9 Å². The largest absolute Gasteiger partial charge is 0.497 e. The molecule has 0 spiro atoms. The fraction of sp³-hybridized carbons (Fsp3) is 0.167. The number of rotatable bonds is 5. The van der Waals surface area contributed by atoms with Crippen LogP contribution in [0.15, 0.2) is 30.0 Å². The van der Waals surface area contributed by atoms with E-state index in [4.69, 9.17) is 32.7 Å². The first-order chi connectivity index (χ1) is 8.62. The SMILES string of the molecule is COc1ccc(N/C=C(/C#N)C(N)=S)c(OC)c1. The molecule has 0 aromatic heterocycles. The van der Waals surface area contributed by atoms with Gasteiger partial charge in [0.05, 0.1) is 19.9 Å². The monoisotopic (exact) mass is 263 g/mol. The number of hydrogen-bond acceptors (Lipinski definition) is 5. The zero-order valence-electron chi connectivity index (χ0n) is 10.1. The van der Waals surface area contributed by atoms with Crippen molar-refractivity contribution < 1.29 is 9.47 Å². The average Bonchev–Trinajstić information content (AvgIpc) is 2.39. The molecule has 0 aliphatic carbocycles. The lowest BCUT2D eigenvalue weighted by Gasteiger charge is -2.10. The number of nitrogens with two attached hydrogens (primary N) is 1. The van der Waals surface area contributed by atoms with Crippen molar-refractivity contribution in [3.8, 4) is 17.6 Å². The molecule has 1 aromatic carbocycles. The first-order valence-corrected chi connectivity index (χ1v) is 5.41. The van der Waals surface area contributed by atoms with E-state index in [1.807, 2.05) is 6.07 Å². The Kier molecular flexibility index (Phi) is 4.96. The zero-order chi connectivity index (χ0) is 13.5. The highest BCUT2D eigenvalue weighted by Gasteiger charge is 2.04. The van der Waals surface area contributed by atoms with Crippen LogP contribution < -0.4 is 20.5 Å². The van der Waals surface area contributed by atoms with E-state index in [-0.39, 0.29) is 10.6 Å². The molecule has 0 radical (unpaired) electrons. The van der Waals surface area contributed by atoms with E-state index in [1.165, 1.54) is 6.20 Å². The molecule has 1 aromatic rings. The van der Waals surface area contributed by atoms with E-state index in [2.05, 4.69) is 5.32 Å². The van der Waals surface area contributed by atoms with Gasteiger partial charge in [0.2, 0.25) is 0 Å².